The molecule has 0 bridgehead atoms. The standard InChI is InChI=1S/C10H22O5S2/c1-9(2,7-16(5,11)12)15-10(3,4)8-17(6,13)14/h7-8H2,1-6H3. The summed E-state index contributed by atoms with van der Waals surface area (Å²) in [6.07, 6.45) is 2.25. The van der Waals surface area contributed by atoms with Crippen molar-refractivity contribution in [3.63, 3.8) is 0 Å². The fourth-order valence-corrected chi connectivity index (χ4v) is 4.71. The summed E-state index contributed by atoms with van der Waals surface area (Å²) >= 11 is 0. The largest absolute Gasteiger partial charge is 0.368 e. The van der Waals surface area contributed by atoms with Crippen LogP contribution in [0, 0.1) is 0 Å². The Morgan fingerprint density at radius 2 is 1.00 bits per heavy atom. The van der Waals surface area contributed by atoms with Gasteiger partial charge in [0.15, 0.2) is 0 Å². The quantitative estimate of drug-likeness (QED) is 0.716. The van der Waals surface area contributed by atoms with Gasteiger partial charge in [0.1, 0.15) is 19.7 Å². The van der Waals surface area contributed by atoms with Crippen molar-refractivity contribution in [1.82, 2.24) is 0 Å². The Morgan fingerprint density at radius 1 is 0.765 bits per heavy atom. The number of hydrogen-bond donors (Lipinski definition) is 0. The molecule has 0 amide bonds. The van der Waals surface area contributed by atoms with Crippen LogP contribution in [0.25, 0.3) is 0 Å². The van der Waals surface area contributed by atoms with Gasteiger partial charge in [-0.2, -0.15) is 0 Å². The van der Waals surface area contributed by atoms with Crippen LogP contribution >= 0.6 is 0 Å². The highest BCUT2D eigenvalue weighted by Gasteiger charge is 2.34. The first-order chi connectivity index (χ1) is 7.12. The van der Waals surface area contributed by atoms with Gasteiger partial charge in [-0.25, -0.2) is 16.8 Å². The van der Waals surface area contributed by atoms with E-state index in [0.29, 0.717) is 0 Å². The summed E-state index contributed by atoms with van der Waals surface area (Å²) in [7, 11) is -6.34. The second-order valence-electron chi connectivity index (χ2n) is 5.76. The van der Waals surface area contributed by atoms with E-state index in [1.54, 1.807) is 27.7 Å². The highest BCUT2D eigenvalue weighted by molar-refractivity contribution is 7.91. The van der Waals surface area contributed by atoms with Crippen molar-refractivity contribution >= 4 is 19.7 Å². The van der Waals surface area contributed by atoms with Gasteiger partial charge in [0.25, 0.3) is 0 Å². The molecule has 0 saturated carbocycles. The van der Waals surface area contributed by atoms with Crippen molar-refractivity contribution < 1.29 is 21.6 Å². The fourth-order valence-electron chi connectivity index (χ4n) is 2.07. The van der Waals surface area contributed by atoms with Crippen molar-refractivity contribution in [3.05, 3.63) is 0 Å². The minimum atomic E-state index is -3.17. The van der Waals surface area contributed by atoms with E-state index in [9.17, 15) is 16.8 Å². The Morgan fingerprint density at radius 3 is 1.18 bits per heavy atom. The number of ether oxygens (including phenoxy) is 1. The summed E-state index contributed by atoms with van der Waals surface area (Å²) in [5.41, 5.74) is -1.83. The topological polar surface area (TPSA) is 77.5 Å². The molecule has 0 unspecified atom stereocenters. The maximum atomic E-state index is 11.2. The van der Waals surface area contributed by atoms with E-state index in [-0.39, 0.29) is 11.5 Å². The lowest BCUT2D eigenvalue weighted by molar-refractivity contribution is -0.0974. The predicted molar refractivity (Wildman–Crippen MR) is 68.7 cm³/mol. The van der Waals surface area contributed by atoms with Crippen molar-refractivity contribution in [2.45, 2.75) is 38.9 Å². The summed E-state index contributed by atoms with van der Waals surface area (Å²) in [6.45, 7) is 6.55. The zero-order valence-corrected chi connectivity index (χ0v) is 12.9. The van der Waals surface area contributed by atoms with Gasteiger partial charge in [0, 0.05) is 12.5 Å². The Kier molecular flexibility index (Phi) is 4.81. The Hall–Kier alpha value is -0.140. The van der Waals surface area contributed by atoms with Crippen LogP contribution in [0.15, 0.2) is 0 Å². The smallest absolute Gasteiger partial charge is 0.150 e. The molecule has 0 rings (SSSR count). The monoisotopic (exact) mass is 286 g/mol. The molecule has 7 heteroatoms. The third-order valence-corrected chi connectivity index (χ3v) is 4.21. The molecule has 0 saturated heterocycles. The lowest BCUT2D eigenvalue weighted by Crippen LogP contribution is -2.45. The summed E-state index contributed by atoms with van der Waals surface area (Å²) in [4.78, 5) is 0. The molecule has 0 fully saturated rings. The molecular formula is C10H22O5S2. The third kappa shape index (κ3) is 9.55. The van der Waals surface area contributed by atoms with Gasteiger partial charge in [-0.05, 0) is 27.7 Å². The van der Waals surface area contributed by atoms with Crippen LogP contribution < -0.4 is 0 Å². The van der Waals surface area contributed by atoms with E-state index in [4.69, 9.17) is 4.74 Å². The predicted octanol–water partition coefficient (Wildman–Crippen LogP) is 0.649. The molecule has 104 valence electrons. The van der Waals surface area contributed by atoms with Crippen molar-refractivity contribution in [2.24, 2.45) is 0 Å². The van der Waals surface area contributed by atoms with Crippen LogP contribution in [-0.4, -0.2) is 52.1 Å². The van der Waals surface area contributed by atoms with E-state index in [1.165, 1.54) is 0 Å². The average molecular weight is 286 g/mol. The van der Waals surface area contributed by atoms with Gasteiger partial charge in [-0.15, -0.1) is 0 Å². The van der Waals surface area contributed by atoms with Crippen molar-refractivity contribution in [2.75, 3.05) is 24.0 Å². The Balaban J connectivity index is 4.82. The van der Waals surface area contributed by atoms with Gasteiger partial charge in [-0.1, -0.05) is 0 Å². The SMILES string of the molecule is CC(C)(CS(C)(=O)=O)OC(C)(C)CS(C)(=O)=O. The normalized spacial score (nSPS) is 14.9. The lowest BCUT2D eigenvalue weighted by Gasteiger charge is -2.35. The summed E-state index contributed by atoms with van der Waals surface area (Å²) in [6, 6.07) is 0. The maximum Gasteiger partial charge on any atom is 0.150 e. The summed E-state index contributed by atoms with van der Waals surface area (Å²) < 4.78 is 50.5. The Labute approximate surface area is 104 Å². The molecule has 0 heterocycles. The zero-order chi connectivity index (χ0) is 14.1. The van der Waals surface area contributed by atoms with Crippen LogP contribution in [0.5, 0.6) is 0 Å². The van der Waals surface area contributed by atoms with Gasteiger partial charge in [0.05, 0.1) is 22.7 Å². The average Bonchev–Trinajstić information content (AvgIpc) is 1.65. The molecule has 0 N–H and O–H groups in total. The molecule has 0 spiro atoms. The van der Waals surface area contributed by atoms with Crippen molar-refractivity contribution in [3.8, 4) is 0 Å². The Bertz CT molecular complexity index is 413. The fraction of sp³-hybridized carbons (Fsp3) is 1.00. The van der Waals surface area contributed by atoms with Crippen molar-refractivity contribution in [1.29, 1.82) is 0 Å². The van der Waals surface area contributed by atoms with Crippen LogP contribution in [-0.2, 0) is 24.4 Å². The van der Waals surface area contributed by atoms with Crippen LogP contribution in [0.4, 0.5) is 0 Å². The molecule has 0 aliphatic heterocycles. The van der Waals surface area contributed by atoms with Gasteiger partial charge in [-0.3, -0.25) is 0 Å². The summed E-state index contributed by atoms with van der Waals surface area (Å²) in [5, 5.41) is 0. The van der Waals surface area contributed by atoms with E-state index in [2.05, 4.69) is 0 Å². The minimum absolute atomic E-state index is 0.146. The van der Waals surface area contributed by atoms with Gasteiger partial charge >= 0.3 is 0 Å². The lowest BCUT2D eigenvalue weighted by atomic mass is 10.1. The molecule has 0 aromatic heterocycles. The number of rotatable bonds is 6. The number of sulfone groups is 2. The second kappa shape index (κ2) is 4.85. The zero-order valence-electron chi connectivity index (χ0n) is 11.3. The van der Waals surface area contributed by atoms with Crippen LogP contribution in [0.3, 0.4) is 0 Å². The van der Waals surface area contributed by atoms with Crippen LogP contribution in [0.1, 0.15) is 27.7 Å². The molecule has 0 aliphatic carbocycles. The van der Waals surface area contributed by atoms with E-state index >= 15 is 0 Å². The highest BCUT2D eigenvalue weighted by Crippen LogP contribution is 2.23. The highest BCUT2D eigenvalue weighted by atomic mass is 32.2. The van der Waals surface area contributed by atoms with Gasteiger partial charge < -0.3 is 4.74 Å². The van der Waals surface area contributed by atoms with E-state index in [1.807, 2.05) is 0 Å². The maximum absolute atomic E-state index is 11.2. The molecule has 0 aromatic rings. The molecule has 0 aromatic carbocycles. The summed E-state index contributed by atoms with van der Waals surface area (Å²) in [5.74, 6) is -0.291. The molecule has 17 heavy (non-hydrogen) atoms. The molecular weight excluding hydrogens is 264 g/mol. The molecule has 0 aliphatic rings. The second-order valence-corrected chi connectivity index (χ2v) is 10.0. The molecule has 0 atom stereocenters. The van der Waals surface area contributed by atoms with Crippen LogP contribution in [0.2, 0.25) is 0 Å². The van der Waals surface area contributed by atoms with E-state index < -0.39 is 30.9 Å². The number of hydrogen-bond acceptors (Lipinski definition) is 5. The molecule has 0 radical (unpaired) electrons. The molecule has 5 nitrogen and oxygen atoms in total. The first-order valence-corrected chi connectivity index (χ1v) is 9.30. The van der Waals surface area contributed by atoms with Gasteiger partial charge in [0.2, 0.25) is 0 Å². The third-order valence-electron chi connectivity index (χ3n) is 1.77. The van der Waals surface area contributed by atoms with E-state index in [0.717, 1.165) is 12.5 Å². The first-order valence-electron chi connectivity index (χ1n) is 5.18. The first kappa shape index (κ1) is 16.9. The minimum Gasteiger partial charge on any atom is -0.368 e.